The molecule has 8 nitrogen and oxygen atoms in total. The van der Waals surface area contributed by atoms with Crippen LogP contribution in [0.1, 0.15) is 55.6 Å². The fourth-order valence-corrected chi connectivity index (χ4v) is 5.25. The summed E-state index contributed by atoms with van der Waals surface area (Å²) >= 11 is 0. The number of hydrogen-bond donors (Lipinski definition) is 4. The smallest absolute Gasteiger partial charge is 0.407 e. The monoisotopic (exact) mass is 480 g/mol. The topological polar surface area (TPSA) is 125 Å². The molecule has 0 saturated heterocycles. The Kier molecular flexibility index (Phi) is 8.02. The summed E-state index contributed by atoms with van der Waals surface area (Å²) in [7, 11) is 0. The molecule has 2 aliphatic carbocycles. The number of aliphatic hydroxyl groups is 1. The van der Waals surface area contributed by atoms with Crippen molar-refractivity contribution in [3.8, 4) is 11.1 Å². The molecule has 186 valence electrons. The normalized spacial score (nSPS) is 20.1. The molecule has 1 saturated carbocycles. The Labute approximate surface area is 204 Å². The van der Waals surface area contributed by atoms with Gasteiger partial charge in [0.05, 0.1) is 5.92 Å². The molecule has 4 N–H and O–H groups in total. The molecular weight excluding hydrogens is 448 g/mol. The molecule has 0 bridgehead atoms. The van der Waals surface area contributed by atoms with Crippen LogP contribution >= 0.6 is 0 Å². The Hall–Kier alpha value is -3.39. The van der Waals surface area contributed by atoms with Gasteiger partial charge < -0.3 is 25.6 Å². The first-order valence-corrected chi connectivity index (χ1v) is 12.2. The van der Waals surface area contributed by atoms with E-state index in [2.05, 4.69) is 34.9 Å². The maximum atomic E-state index is 12.9. The van der Waals surface area contributed by atoms with E-state index in [1.807, 2.05) is 24.3 Å². The molecule has 0 spiro atoms. The predicted octanol–water partition coefficient (Wildman–Crippen LogP) is 3.43. The Morgan fingerprint density at radius 1 is 0.943 bits per heavy atom. The summed E-state index contributed by atoms with van der Waals surface area (Å²) in [5.74, 6) is -2.23. The maximum Gasteiger partial charge on any atom is 0.407 e. The minimum Gasteiger partial charge on any atom is -0.480 e. The summed E-state index contributed by atoms with van der Waals surface area (Å²) < 4.78 is 5.66. The van der Waals surface area contributed by atoms with Gasteiger partial charge in [0.2, 0.25) is 5.91 Å². The quantitative estimate of drug-likeness (QED) is 0.429. The molecule has 8 heteroatoms. The number of benzene rings is 2. The lowest BCUT2D eigenvalue weighted by atomic mass is 9.93. The second kappa shape index (κ2) is 11.4. The number of carbonyl (C=O) groups excluding carboxylic acids is 2. The second-order valence-corrected chi connectivity index (χ2v) is 9.23. The van der Waals surface area contributed by atoms with Crippen LogP contribution in [0.15, 0.2) is 48.5 Å². The van der Waals surface area contributed by atoms with Crippen molar-refractivity contribution in [2.45, 2.75) is 56.5 Å². The third-order valence-electron chi connectivity index (χ3n) is 7.03. The summed E-state index contributed by atoms with van der Waals surface area (Å²) in [5, 5.41) is 23.8. The molecule has 2 aromatic rings. The SMILES string of the molecule is O=C(NC1CCCCCC1C(=O)NC(CCO)C(=O)O)OCC1c2ccccc2-c2ccccc21. The van der Waals surface area contributed by atoms with Gasteiger partial charge in [-0.3, -0.25) is 4.79 Å². The standard InChI is InChI=1S/C27H32N2O6/c30-15-14-24(26(32)33)28-25(31)21-12-2-1-3-13-23(21)29-27(34)35-16-22-19-10-6-4-8-17(19)18-9-5-7-11-20(18)22/h4-11,21-24,30H,1-3,12-16H2,(H,28,31)(H,29,34)(H,32,33). The van der Waals surface area contributed by atoms with E-state index in [9.17, 15) is 19.5 Å². The van der Waals surface area contributed by atoms with Gasteiger partial charge in [-0.05, 0) is 35.1 Å². The number of alkyl carbamates (subject to hydrolysis) is 1. The molecule has 2 amide bonds. The number of rotatable bonds is 8. The zero-order valence-corrected chi connectivity index (χ0v) is 19.6. The van der Waals surface area contributed by atoms with E-state index >= 15 is 0 Å². The van der Waals surface area contributed by atoms with E-state index < -0.39 is 36.0 Å². The van der Waals surface area contributed by atoms with Crippen molar-refractivity contribution in [2.75, 3.05) is 13.2 Å². The van der Waals surface area contributed by atoms with Crippen LogP contribution in [0.4, 0.5) is 4.79 Å². The minimum atomic E-state index is -1.19. The molecule has 3 unspecified atom stereocenters. The molecule has 1 fully saturated rings. The van der Waals surface area contributed by atoms with Gasteiger partial charge in [-0.15, -0.1) is 0 Å². The van der Waals surface area contributed by atoms with Crippen LogP contribution in [0.3, 0.4) is 0 Å². The van der Waals surface area contributed by atoms with Gasteiger partial charge in [-0.2, -0.15) is 0 Å². The lowest BCUT2D eigenvalue weighted by Crippen LogP contribution is -2.50. The summed E-state index contributed by atoms with van der Waals surface area (Å²) in [4.78, 5) is 37.1. The van der Waals surface area contributed by atoms with Crippen LogP contribution in [0, 0.1) is 5.92 Å². The first-order valence-electron chi connectivity index (χ1n) is 12.2. The maximum absolute atomic E-state index is 12.9. The van der Waals surface area contributed by atoms with E-state index in [1.165, 1.54) is 0 Å². The molecule has 35 heavy (non-hydrogen) atoms. The van der Waals surface area contributed by atoms with E-state index in [-0.39, 0.29) is 25.6 Å². The van der Waals surface area contributed by atoms with Gasteiger partial charge in [0.15, 0.2) is 0 Å². The van der Waals surface area contributed by atoms with E-state index in [1.54, 1.807) is 0 Å². The van der Waals surface area contributed by atoms with Gasteiger partial charge in [0.1, 0.15) is 12.6 Å². The number of amides is 2. The van der Waals surface area contributed by atoms with Crippen LogP contribution in [-0.4, -0.2) is 53.5 Å². The minimum absolute atomic E-state index is 0.0591. The van der Waals surface area contributed by atoms with E-state index in [4.69, 9.17) is 9.84 Å². The first-order chi connectivity index (χ1) is 17.0. The molecular formula is C27H32N2O6. The van der Waals surface area contributed by atoms with Crippen molar-refractivity contribution in [3.05, 3.63) is 59.7 Å². The molecule has 4 rings (SSSR count). The number of ether oxygens (including phenoxy) is 1. The van der Waals surface area contributed by atoms with Crippen molar-refractivity contribution in [1.29, 1.82) is 0 Å². The molecule has 0 heterocycles. The van der Waals surface area contributed by atoms with Crippen LogP contribution in [-0.2, 0) is 14.3 Å². The second-order valence-electron chi connectivity index (χ2n) is 9.23. The molecule has 2 aliphatic rings. The Morgan fingerprint density at radius 2 is 1.57 bits per heavy atom. The van der Waals surface area contributed by atoms with Crippen LogP contribution in [0.5, 0.6) is 0 Å². The number of hydrogen-bond acceptors (Lipinski definition) is 5. The number of carboxylic acid groups (broad SMARTS) is 1. The fraction of sp³-hybridized carbons (Fsp3) is 0.444. The number of fused-ring (bicyclic) bond motifs is 3. The van der Waals surface area contributed by atoms with Gasteiger partial charge in [-0.1, -0.05) is 67.8 Å². The predicted molar refractivity (Wildman–Crippen MR) is 130 cm³/mol. The van der Waals surface area contributed by atoms with Crippen molar-refractivity contribution in [1.82, 2.24) is 10.6 Å². The largest absolute Gasteiger partial charge is 0.480 e. The molecule has 3 atom stereocenters. The van der Waals surface area contributed by atoms with Gasteiger partial charge in [-0.25, -0.2) is 9.59 Å². The molecule has 0 radical (unpaired) electrons. The van der Waals surface area contributed by atoms with Crippen molar-refractivity contribution >= 4 is 18.0 Å². The Balaban J connectivity index is 1.41. The van der Waals surface area contributed by atoms with Crippen molar-refractivity contribution < 1.29 is 29.3 Å². The van der Waals surface area contributed by atoms with Crippen molar-refractivity contribution in [3.63, 3.8) is 0 Å². The highest BCUT2D eigenvalue weighted by atomic mass is 16.5. The average molecular weight is 481 g/mol. The van der Waals surface area contributed by atoms with Gasteiger partial charge in [0.25, 0.3) is 0 Å². The lowest BCUT2D eigenvalue weighted by molar-refractivity contribution is -0.143. The first kappa shape index (κ1) is 24.7. The van der Waals surface area contributed by atoms with E-state index in [0.29, 0.717) is 12.8 Å². The number of carboxylic acids is 1. The number of carbonyl (C=O) groups is 3. The van der Waals surface area contributed by atoms with E-state index in [0.717, 1.165) is 41.5 Å². The van der Waals surface area contributed by atoms with Gasteiger partial charge >= 0.3 is 12.1 Å². The number of aliphatic carboxylic acids is 1. The fourth-order valence-electron chi connectivity index (χ4n) is 5.25. The van der Waals surface area contributed by atoms with Crippen LogP contribution in [0.25, 0.3) is 11.1 Å². The Bertz CT molecular complexity index is 1030. The summed E-state index contributed by atoms with van der Waals surface area (Å²) in [6.07, 6.45) is 3.12. The third-order valence-corrected chi connectivity index (χ3v) is 7.03. The van der Waals surface area contributed by atoms with Crippen LogP contribution < -0.4 is 10.6 Å². The average Bonchev–Trinajstić information content (AvgIpc) is 2.98. The highest BCUT2D eigenvalue weighted by Gasteiger charge is 2.34. The summed E-state index contributed by atoms with van der Waals surface area (Å²) in [6.45, 7) is -0.162. The van der Waals surface area contributed by atoms with Crippen molar-refractivity contribution in [2.24, 2.45) is 5.92 Å². The number of nitrogens with one attached hydrogen (secondary N) is 2. The third kappa shape index (κ3) is 5.65. The number of aliphatic hydroxyl groups excluding tert-OH is 1. The molecule has 0 aromatic heterocycles. The zero-order valence-electron chi connectivity index (χ0n) is 19.6. The molecule has 2 aromatic carbocycles. The zero-order chi connectivity index (χ0) is 24.8. The van der Waals surface area contributed by atoms with Gasteiger partial charge in [0, 0.05) is 25.0 Å². The summed E-state index contributed by atoms with van der Waals surface area (Å²) in [6, 6.07) is 14.6. The molecule has 0 aliphatic heterocycles. The van der Waals surface area contributed by atoms with Crippen LogP contribution in [0.2, 0.25) is 0 Å². The summed E-state index contributed by atoms with van der Waals surface area (Å²) in [5.41, 5.74) is 4.54. The highest BCUT2D eigenvalue weighted by molar-refractivity contribution is 5.86. The highest BCUT2D eigenvalue weighted by Crippen LogP contribution is 2.44. The lowest BCUT2D eigenvalue weighted by Gasteiger charge is -2.27. The Morgan fingerprint density at radius 3 is 2.20 bits per heavy atom.